The summed E-state index contributed by atoms with van der Waals surface area (Å²) in [6.07, 6.45) is -11.6. The molecule has 0 saturated heterocycles. The number of carbonyl (C=O) groups is 2. The molecule has 0 spiro atoms. The lowest BCUT2D eigenvalue weighted by Crippen LogP contribution is -2.54. The van der Waals surface area contributed by atoms with Gasteiger partial charge in [-0.2, -0.15) is 26.3 Å². The Morgan fingerprint density at radius 2 is 0.611 bits per heavy atom. The zero-order valence-corrected chi connectivity index (χ0v) is 28.5. The molecule has 0 atom stereocenters. The maximum absolute atomic E-state index is 14.8. The highest BCUT2D eigenvalue weighted by molar-refractivity contribution is 6.31. The first-order chi connectivity index (χ1) is 25.2. The molecular weight excluding hydrogens is 753 g/mol. The Morgan fingerprint density at radius 1 is 0.389 bits per heavy atom. The summed E-state index contributed by atoms with van der Waals surface area (Å²) in [4.78, 5) is 25.5. The average Bonchev–Trinajstić information content (AvgIpc) is 3.13. The summed E-state index contributed by atoms with van der Waals surface area (Å²) >= 11 is 11.7. The molecular formula is C42H28Cl2F6O4. The van der Waals surface area contributed by atoms with Crippen molar-refractivity contribution in [3.05, 3.63) is 189 Å². The largest absolute Gasteiger partial charge is 0.457 e. The van der Waals surface area contributed by atoms with E-state index in [-0.39, 0.29) is 42.0 Å². The first-order valence-corrected chi connectivity index (χ1v) is 16.4. The van der Waals surface area contributed by atoms with E-state index >= 15 is 0 Å². The van der Waals surface area contributed by atoms with Crippen LogP contribution in [0.15, 0.2) is 146 Å². The Hall–Kier alpha value is -5.58. The number of rotatable bonds is 10. The second-order valence-electron chi connectivity index (χ2n) is 11.7. The molecule has 4 nitrogen and oxygen atoms in total. The molecule has 12 heteroatoms. The van der Waals surface area contributed by atoms with E-state index < -0.39 is 28.9 Å². The zero-order chi connectivity index (χ0) is 38.0. The minimum atomic E-state index is -5.81. The van der Waals surface area contributed by atoms with Crippen molar-refractivity contribution in [2.24, 2.45) is 0 Å². The fraction of sp³-hybridized carbons (Fsp3) is 0.0952. The zero-order valence-electron chi connectivity index (χ0n) is 27.0. The van der Waals surface area contributed by atoms with E-state index in [1.165, 1.54) is 48.5 Å². The van der Waals surface area contributed by atoms with Gasteiger partial charge in [0.25, 0.3) is 0 Å². The first-order valence-electron chi connectivity index (χ1n) is 15.7. The van der Waals surface area contributed by atoms with Crippen molar-refractivity contribution in [1.29, 1.82) is 0 Å². The number of carbonyl (C=O) groups excluding carboxylic acids is 2. The molecule has 0 aliphatic heterocycles. The number of halogens is 8. The van der Waals surface area contributed by atoms with Gasteiger partial charge in [0.2, 0.25) is 5.41 Å². The molecule has 0 N–H and O–H groups in total. The van der Waals surface area contributed by atoms with Gasteiger partial charge in [-0.3, -0.25) is 9.59 Å². The molecule has 0 bridgehead atoms. The SMILES string of the molecule is C.O=C(c1ccc(Cl)cc1)c1ccc(Oc2ccc(C(c3ccc(Oc4ccc(C(=O)c5ccc(Cl)cc5)cc4)cc3)(C(F)(F)F)C(F)(F)F)cc2)cc1. The summed E-state index contributed by atoms with van der Waals surface area (Å²) in [7, 11) is 0. The van der Waals surface area contributed by atoms with Crippen molar-refractivity contribution in [2.75, 3.05) is 0 Å². The smallest absolute Gasteiger partial charge is 0.411 e. The molecule has 6 rings (SSSR count). The van der Waals surface area contributed by atoms with Gasteiger partial charge in [-0.1, -0.05) is 54.9 Å². The van der Waals surface area contributed by atoms with Crippen LogP contribution in [0.5, 0.6) is 23.0 Å². The summed E-state index contributed by atoms with van der Waals surface area (Å²) in [6.45, 7) is 0. The maximum atomic E-state index is 14.8. The van der Waals surface area contributed by atoms with E-state index in [9.17, 15) is 35.9 Å². The van der Waals surface area contributed by atoms with E-state index in [2.05, 4.69) is 0 Å². The highest BCUT2D eigenvalue weighted by atomic mass is 35.5. The predicted octanol–water partition coefficient (Wildman–Crippen LogP) is 13.1. The van der Waals surface area contributed by atoms with Gasteiger partial charge in [0.15, 0.2) is 11.6 Å². The van der Waals surface area contributed by atoms with Crippen LogP contribution in [-0.2, 0) is 5.41 Å². The van der Waals surface area contributed by atoms with Crippen LogP contribution in [0.3, 0.4) is 0 Å². The fourth-order valence-electron chi connectivity index (χ4n) is 5.68. The van der Waals surface area contributed by atoms with E-state index in [4.69, 9.17) is 32.7 Å². The molecule has 0 radical (unpaired) electrons. The maximum Gasteiger partial charge on any atom is 0.411 e. The summed E-state index contributed by atoms with van der Waals surface area (Å²) in [5.41, 5.74) is -5.11. The van der Waals surface area contributed by atoms with Gasteiger partial charge in [-0.15, -0.1) is 0 Å². The Balaban J connectivity index is 0.00000561. The fourth-order valence-corrected chi connectivity index (χ4v) is 5.94. The summed E-state index contributed by atoms with van der Waals surface area (Å²) in [5, 5.41) is 0.931. The van der Waals surface area contributed by atoms with Crippen LogP contribution in [0.25, 0.3) is 0 Å². The van der Waals surface area contributed by atoms with Gasteiger partial charge < -0.3 is 9.47 Å². The standard InChI is InChI=1S/C41H24Cl2F6O4.CH4/c42-31-13-1-25(2-14-31)37(50)27-5-17-33(18-6-27)52-35-21-9-29(10-22-35)39(40(44,45)46,41(47,48)49)30-11-23-36(24-12-30)53-34-19-7-28(8-20-34)38(51)26-3-15-32(43)16-4-26;/h1-24H;1H4. The number of hydrogen-bond acceptors (Lipinski definition) is 4. The third-order valence-corrected chi connectivity index (χ3v) is 8.85. The number of hydrogen-bond donors (Lipinski definition) is 0. The molecule has 276 valence electrons. The van der Waals surface area contributed by atoms with Gasteiger partial charge in [-0.25, -0.2) is 0 Å². The second kappa shape index (κ2) is 15.8. The molecule has 54 heavy (non-hydrogen) atoms. The molecule has 0 aliphatic carbocycles. The molecule has 6 aromatic carbocycles. The van der Waals surface area contributed by atoms with E-state index in [1.807, 2.05) is 0 Å². The van der Waals surface area contributed by atoms with Crippen molar-refractivity contribution in [1.82, 2.24) is 0 Å². The monoisotopic (exact) mass is 780 g/mol. The van der Waals surface area contributed by atoms with Crippen LogP contribution in [0.4, 0.5) is 26.3 Å². The molecule has 0 unspecified atom stereocenters. The Kier molecular flexibility index (Phi) is 11.6. The highest BCUT2D eigenvalue weighted by Crippen LogP contribution is 2.56. The van der Waals surface area contributed by atoms with Crippen molar-refractivity contribution in [2.45, 2.75) is 25.2 Å². The van der Waals surface area contributed by atoms with Crippen LogP contribution in [-0.4, -0.2) is 23.9 Å². The molecule has 6 aromatic rings. The van der Waals surface area contributed by atoms with Crippen molar-refractivity contribution in [3.63, 3.8) is 0 Å². The average molecular weight is 782 g/mol. The van der Waals surface area contributed by atoms with Gasteiger partial charge >= 0.3 is 12.4 Å². The normalized spacial score (nSPS) is 11.7. The van der Waals surface area contributed by atoms with Gasteiger partial charge in [-0.05, 0) is 132 Å². The highest BCUT2D eigenvalue weighted by Gasteiger charge is 2.72. The first kappa shape index (κ1) is 39.6. The minimum absolute atomic E-state index is 0. The minimum Gasteiger partial charge on any atom is -0.457 e. The van der Waals surface area contributed by atoms with E-state index in [0.29, 0.717) is 56.6 Å². The molecule has 0 heterocycles. The Morgan fingerprint density at radius 3 is 0.852 bits per heavy atom. The number of ether oxygens (including phenoxy) is 2. The van der Waals surface area contributed by atoms with Crippen molar-refractivity contribution in [3.8, 4) is 23.0 Å². The van der Waals surface area contributed by atoms with Crippen LogP contribution in [0.2, 0.25) is 10.0 Å². The lowest BCUT2D eigenvalue weighted by Gasteiger charge is -2.38. The molecule has 0 aliphatic rings. The van der Waals surface area contributed by atoms with E-state index in [1.54, 1.807) is 48.5 Å². The lowest BCUT2D eigenvalue weighted by molar-refractivity contribution is -0.288. The molecule has 0 saturated carbocycles. The van der Waals surface area contributed by atoms with E-state index in [0.717, 1.165) is 24.3 Å². The predicted molar refractivity (Wildman–Crippen MR) is 195 cm³/mol. The Bertz CT molecular complexity index is 2050. The van der Waals surface area contributed by atoms with Crippen molar-refractivity contribution >= 4 is 34.8 Å². The topological polar surface area (TPSA) is 52.6 Å². The number of ketones is 2. The molecule has 0 amide bonds. The van der Waals surface area contributed by atoms with Gasteiger partial charge in [0, 0.05) is 32.3 Å². The third-order valence-electron chi connectivity index (χ3n) is 8.34. The van der Waals surface area contributed by atoms with Crippen LogP contribution in [0.1, 0.15) is 50.4 Å². The number of alkyl halides is 6. The summed E-state index contributed by atoms with van der Waals surface area (Å²) < 4.78 is 100. The molecule has 0 aromatic heterocycles. The van der Waals surface area contributed by atoms with Gasteiger partial charge in [0.1, 0.15) is 23.0 Å². The second-order valence-corrected chi connectivity index (χ2v) is 12.6. The lowest BCUT2D eigenvalue weighted by atomic mass is 9.73. The quantitative estimate of drug-likeness (QED) is 0.103. The van der Waals surface area contributed by atoms with Crippen LogP contribution >= 0.6 is 23.2 Å². The van der Waals surface area contributed by atoms with Crippen molar-refractivity contribution < 1.29 is 45.4 Å². The van der Waals surface area contributed by atoms with Crippen LogP contribution in [0, 0.1) is 0 Å². The van der Waals surface area contributed by atoms with Gasteiger partial charge in [0.05, 0.1) is 0 Å². The molecule has 0 fully saturated rings. The number of benzene rings is 6. The summed E-state index contributed by atoms with van der Waals surface area (Å²) in [6, 6.07) is 31.1. The Labute approximate surface area is 316 Å². The van der Waals surface area contributed by atoms with Crippen LogP contribution < -0.4 is 9.47 Å². The summed E-state index contributed by atoms with van der Waals surface area (Å²) in [5.74, 6) is -0.249. The third kappa shape index (κ3) is 8.15.